The number of carbonyl (C=O) groups is 2. The van der Waals surface area contributed by atoms with Crippen molar-refractivity contribution >= 4 is 89.0 Å². The number of rotatable bonds is 20. The fourth-order valence-electron chi connectivity index (χ4n) is 5.77. The van der Waals surface area contributed by atoms with Crippen LogP contribution in [-0.4, -0.2) is 147 Å². The molecule has 5 N–H and O–H groups in total. The molecule has 2 aromatic carbocycles. The van der Waals surface area contributed by atoms with Crippen molar-refractivity contribution in [2.24, 2.45) is 26.2 Å². The van der Waals surface area contributed by atoms with E-state index < -0.39 is 5.97 Å². The minimum absolute atomic E-state index is 0.0437. The van der Waals surface area contributed by atoms with Crippen LogP contribution < -0.4 is 21.7 Å². The molecule has 2 fully saturated rings. The Morgan fingerprint density at radius 3 is 1.55 bits per heavy atom. The molecule has 4 heterocycles. The lowest BCUT2D eigenvalue weighted by atomic mass is 10.3. The van der Waals surface area contributed by atoms with E-state index in [1.165, 1.54) is 0 Å². The van der Waals surface area contributed by atoms with E-state index in [9.17, 15) is 9.59 Å². The quantitative estimate of drug-likeness (QED) is 0.0248. The number of nitrogens with one attached hydrogen (secondary N) is 3. The zero-order valence-electron chi connectivity index (χ0n) is 36.8. The number of benzene rings is 2. The number of carbonyl (C=O) groups excluding carboxylic acids is 2. The minimum Gasteiger partial charge on any atom is -0.465 e. The Morgan fingerprint density at radius 2 is 1.09 bits per heavy atom. The fraction of sp³-hybridized carbons (Fsp3) is 0.476. The Balaban J connectivity index is 0.000000245. The fourth-order valence-corrected chi connectivity index (χ4v) is 6.28. The molecule has 352 valence electrons. The van der Waals surface area contributed by atoms with Gasteiger partial charge in [-0.3, -0.25) is 19.4 Å². The number of nitrogens with two attached hydrogens (primary N) is 1. The van der Waals surface area contributed by atoms with E-state index in [-0.39, 0.29) is 29.9 Å². The Hall–Kier alpha value is -5.07. The average molecular weight is 956 g/mol. The van der Waals surface area contributed by atoms with Crippen LogP contribution in [0.4, 0.5) is 40.2 Å². The van der Waals surface area contributed by atoms with Crippen LogP contribution in [0.3, 0.4) is 0 Å². The van der Waals surface area contributed by atoms with Gasteiger partial charge in [0, 0.05) is 52.4 Å². The molecular weight excluding hydrogens is 896 g/mol. The topological polar surface area (TPSA) is 241 Å². The Morgan fingerprint density at radius 1 is 0.662 bits per heavy atom. The van der Waals surface area contributed by atoms with Crippen LogP contribution in [0, 0.1) is 0 Å². The van der Waals surface area contributed by atoms with E-state index in [0.29, 0.717) is 77.4 Å². The van der Waals surface area contributed by atoms with Crippen molar-refractivity contribution in [2.45, 2.75) is 25.4 Å². The van der Waals surface area contributed by atoms with Gasteiger partial charge in [0.1, 0.15) is 24.7 Å². The largest absolute Gasteiger partial charge is 0.465 e. The monoisotopic (exact) mass is 954 g/mol. The first-order valence-corrected chi connectivity index (χ1v) is 22.9. The second-order valence-electron chi connectivity index (χ2n) is 13.6. The van der Waals surface area contributed by atoms with Gasteiger partial charge >= 0.3 is 11.9 Å². The molecule has 0 spiro atoms. The molecule has 0 radical (unpaired) electrons. The van der Waals surface area contributed by atoms with Crippen LogP contribution in [0.25, 0.3) is 0 Å². The molecule has 0 bridgehead atoms. The van der Waals surface area contributed by atoms with Crippen LogP contribution in [0.15, 0.2) is 81.1 Å². The standard InChI is InChI=1S/C21H29N7O3S.C15H16ClN5O2S.C6H14N2O/c1-2-31-18(29)14-23-21-19(27-26-16-6-4-3-5-7-16)20(24-17(15-32)25-21)22-8-9-28-10-12-30-13-11-28;1-2-23-12(22)8-17-15-13(14(16)18-11(9-24)19-15)21-20-10-6-4-3-5-7-10;7-1-2-8-3-5-9-6-4-8/h3-7,32H,2,8-15H2,1H3,(H2,22,23,24,25);3-7,24H,2,8-9H2,1H3,(H,17,18,19);1-7H2. The summed E-state index contributed by atoms with van der Waals surface area (Å²) in [5.74, 6) is 1.98. The van der Waals surface area contributed by atoms with Gasteiger partial charge in [-0.2, -0.15) is 35.5 Å². The van der Waals surface area contributed by atoms with Gasteiger partial charge in [-0.05, 0) is 38.1 Å². The molecule has 0 saturated carbocycles. The van der Waals surface area contributed by atoms with Gasteiger partial charge in [-0.15, -0.1) is 10.2 Å². The number of morpholine rings is 2. The van der Waals surface area contributed by atoms with Crippen molar-refractivity contribution in [3.8, 4) is 0 Å². The number of thiol groups is 2. The Bertz CT molecular complexity index is 2070. The van der Waals surface area contributed by atoms with Crippen molar-refractivity contribution in [3.05, 3.63) is 77.5 Å². The number of esters is 2. The number of aromatic nitrogens is 4. The summed E-state index contributed by atoms with van der Waals surface area (Å²) in [6.07, 6.45) is 0. The van der Waals surface area contributed by atoms with Crippen molar-refractivity contribution in [3.63, 3.8) is 0 Å². The maximum absolute atomic E-state index is 11.9. The molecule has 0 unspecified atom stereocenters. The maximum Gasteiger partial charge on any atom is 0.325 e. The number of halogens is 1. The molecule has 23 heteroatoms. The molecule has 65 heavy (non-hydrogen) atoms. The van der Waals surface area contributed by atoms with E-state index in [0.717, 1.165) is 72.2 Å². The van der Waals surface area contributed by atoms with E-state index in [1.807, 2.05) is 48.5 Å². The van der Waals surface area contributed by atoms with Gasteiger partial charge in [0.2, 0.25) is 0 Å². The maximum atomic E-state index is 11.9. The molecule has 0 amide bonds. The zero-order chi connectivity index (χ0) is 46.5. The van der Waals surface area contributed by atoms with E-state index >= 15 is 0 Å². The summed E-state index contributed by atoms with van der Waals surface area (Å²) in [5, 5.41) is 26.3. The second kappa shape index (κ2) is 31.0. The normalized spacial score (nSPS) is 14.2. The number of anilines is 3. The Labute approximate surface area is 395 Å². The summed E-state index contributed by atoms with van der Waals surface area (Å²) in [5.41, 5.74) is 7.40. The highest BCUT2D eigenvalue weighted by molar-refractivity contribution is 7.79. The van der Waals surface area contributed by atoms with Crippen LogP contribution >= 0.6 is 36.9 Å². The summed E-state index contributed by atoms with van der Waals surface area (Å²) in [7, 11) is 0. The summed E-state index contributed by atoms with van der Waals surface area (Å²) in [6.45, 7) is 14.4. The molecule has 4 aromatic rings. The molecule has 2 aliphatic rings. The Kier molecular flexibility index (Phi) is 25.0. The first kappa shape index (κ1) is 52.6. The molecular formula is C42H59ClN14O6S2. The zero-order valence-corrected chi connectivity index (χ0v) is 39.3. The van der Waals surface area contributed by atoms with Crippen molar-refractivity contribution in [1.29, 1.82) is 0 Å². The average Bonchev–Trinajstić information content (AvgIpc) is 3.33. The molecule has 2 aromatic heterocycles. The lowest BCUT2D eigenvalue weighted by molar-refractivity contribution is -0.141. The highest BCUT2D eigenvalue weighted by Crippen LogP contribution is 2.34. The van der Waals surface area contributed by atoms with Gasteiger partial charge in [-0.25, -0.2) is 19.9 Å². The molecule has 2 aliphatic heterocycles. The predicted molar refractivity (Wildman–Crippen MR) is 258 cm³/mol. The highest BCUT2D eigenvalue weighted by Gasteiger charge is 2.18. The molecule has 0 aliphatic carbocycles. The third kappa shape index (κ3) is 19.9. The van der Waals surface area contributed by atoms with Crippen molar-refractivity contribution in [2.75, 3.05) is 121 Å². The van der Waals surface area contributed by atoms with Gasteiger partial charge in [0.25, 0.3) is 0 Å². The van der Waals surface area contributed by atoms with E-state index in [1.54, 1.807) is 26.0 Å². The molecule has 6 rings (SSSR count). The SMILES string of the molecule is CCOC(=O)CNc1nc(CS)nc(Cl)c1N=Nc1ccccc1.CCOC(=O)CNc1nc(CS)nc(NCCN2CCOCC2)c1N=Nc1ccccc1.NCCN1CCOCC1. The number of azo groups is 2. The van der Waals surface area contributed by atoms with Crippen molar-refractivity contribution in [1.82, 2.24) is 29.7 Å². The van der Waals surface area contributed by atoms with Crippen LogP contribution in [0.5, 0.6) is 0 Å². The summed E-state index contributed by atoms with van der Waals surface area (Å²) in [6, 6.07) is 18.5. The molecule has 0 atom stereocenters. The van der Waals surface area contributed by atoms with Crippen LogP contribution in [0.1, 0.15) is 25.5 Å². The van der Waals surface area contributed by atoms with Gasteiger partial charge in [0.05, 0.1) is 62.5 Å². The smallest absolute Gasteiger partial charge is 0.325 e. The van der Waals surface area contributed by atoms with Gasteiger partial charge in [0.15, 0.2) is 34.0 Å². The summed E-state index contributed by atoms with van der Waals surface area (Å²) >= 11 is 14.6. The number of nitrogens with zero attached hydrogens (tertiary/aromatic N) is 10. The highest BCUT2D eigenvalue weighted by atomic mass is 35.5. The third-order valence-electron chi connectivity index (χ3n) is 8.93. The van der Waals surface area contributed by atoms with E-state index in [2.05, 4.69) is 91.4 Å². The molecule has 2 saturated heterocycles. The van der Waals surface area contributed by atoms with E-state index in [4.69, 9.17) is 36.3 Å². The van der Waals surface area contributed by atoms with Crippen molar-refractivity contribution < 1.29 is 28.5 Å². The summed E-state index contributed by atoms with van der Waals surface area (Å²) < 4.78 is 20.4. The second-order valence-corrected chi connectivity index (χ2v) is 14.6. The van der Waals surface area contributed by atoms with Crippen LogP contribution in [0.2, 0.25) is 5.15 Å². The predicted octanol–water partition coefficient (Wildman–Crippen LogP) is 6.27. The first-order valence-electron chi connectivity index (χ1n) is 21.2. The van der Waals surface area contributed by atoms with Gasteiger partial charge < -0.3 is 40.6 Å². The lowest BCUT2D eigenvalue weighted by Gasteiger charge is -2.26. The first-order chi connectivity index (χ1) is 31.8. The van der Waals surface area contributed by atoms with Gasteiger partial charge in [-0.1, -0.05) is 48.0 Å². The van der Waals surface area contributed by atoms with Crippen LogP contribution in [-0.2, 0) is 40.0 Å². The number of ether oxygens (including phenoxy) is 4. The summed E-state index contributed by atoms with van der Waals surface area (Å²) in [4.78, 5) is 45.4. The lowest BCUT2D eigenvalue weighted by Crippen LogP contribution is -2.39. The number of hydrogen-bond acceptors (Lipinski definition) is 22. The molecule has 20 nitrogen and oxygen atoms in total. The third-order valence-corrected chi connectivity index (χ3v) is 9.76. The number of hydrogen-bond donors (Lipinski definition) is 6. The minimum atomic E-state index is -0.411.